The van der Waals surface area contributed by atoms with Gasteiger partial charge in [0.05, 0.1) is 18.5 Å². The predicted molar refractivity (Wildman–Crippen MR) is 257 cm³/mol. The van der Waals surface area contributed by atoms with Crippen LogP contribution in [0, 0.1) is 11.8 Å². The van der Waals surface area contributed by atoms with Gasteiger partial charge in [-0.05, 0) is 58.2 Å². The monoisotopic (exact) mass is 834 g/mol. The number of nitrogens with one attached hydrogen (secondary N) is 2. The van der Waals surface area contributed by atoms with Crippen LogP contribution in [0.1, 0.15) is 132 Å². The van der Waals surface area contributed by atoms with Gasteiger partial charge in [0.2, 0.25) is 11.8 Å². The second-order valence-corrected chi connectivity index (χ2v) is 16.9. The molecule has 0 spiro atoms. The van der Waals surface area contributed by atoms with Gasteiger partial charge in [-0.1, -0.05) is 180 Å². The normalized spacial score (nSPS) is 14.7. The van der Waals surface area contributed by atoms with E-state index in [9.17, 15) is 9.59 Å². The number of rotatable bonds is 10. The zero-order chi connectivity index (χ0) is 45.2. The Labute approximate surface area is 369 Å². The molecular weight excluding hydrogens is 759 g/mol. The van der Waals surface area contributed by atoms with Crippen molar-refractivity contribution in [1.82, 2.24) is 14.9 Å². The number of aromatic nitrogens is 3. The van der Waals surface area contributed by atoms with Gasteiger partial charge >= 0.3 is 0 Å². The summed E-state index contributed by atoms with van der Waals surface area (Å²) in [6.07, 6.45) is 9.81. The molecule has 0 radical (unpaired) electrons. The van der Waals surface area contributed by atoms with Crippen LogP contribution in [0.5, 0.6) is 5.75 Å². The average molecular weight is 834 g/mol. The Morgan fingerprint density at radius 1 is 0.787 bits per heavy atom. The van der Waals surface area contributed by atoms with Crippen molar-refractivity contribution in [2.75, 3.05) is 10.6 Å². The maximum absolute atomic E-state index is 12.4. The van der Waals surface area contributed by atoms with E-state index in [2.05, 4.69) is 85.9 Å². The predicted octanol–water partition coefficient (Wildman–Crippen LogP) is 13.2. The first-order valence-corrected chi connectivity index (χ1v) is 22.0. The maximum atomic E-state index is 12.4. The highest BCUT2D eigenvalue weighted by atomic mass is 16.5. The van der Waals surface area contributed by atoms with Crippen LogP contribution in [0.3, 0.4) is 0 Å². The SMILES string of the molecule is CC.CC.CC(C)(C)c1cc(NC(=O)Cc2ccc(C3=CC=CC4CC34)cc2)no1.CCC.Cn1nc(C(C)(C)C)cc1NC(=O)Cc1ccc(OCc2ccccc2)cc1.[HH].[HH]. The van der Waals surface area contributed by atoms with Gasteiger partial charge in [-0.2, -0.15) is 5.10 Å². The second-order valence-electron chi connectivity index (χ2n) is 16.9. The Balaban J connectivity index is 0.000000538. The number of anilines is 2. The third-order valence-electron chi connectivity index (χ3n) is 9.49. The highest BCUT2D eigenvalue weighted by Crippen LogP contribution is 2.51. The molecule has 2 aromatic heterocycles. The average Bonchev–Trinajstić information content (AvgIpc) is 3.73. The van der Waals surface area contributed by atoms with Crippen LogP contribution < -0.4 is 15.4 Å². The maximum Gasteiger partial charge on any atom is 0.230 e. The van der Waals surface area contributed by atoms with E-state index in [0.717, 1.165) is 39.8 Å². The lowest BCUT2D eigenvalue weighted by atomic mass is 9.92. The zero-order valence-corrected chi connectivity index (χ0v) is 39.1. The molecule has 0 saturated heterocycles. The molecule has 332 valence electrons. The Morgan fingerprint density at radius 3 is 1.90 bits per heavy atom. The number of amides is 2. The summed E-state index contributed by atoms with van der Waals surface area (Å²) in [5.74, 6) is 3.99. The van der Waals surface area contributed by atoms with Gasteiger partial charge < -0.3 is 19.9 Å². The number of aryl methyl sites for hydroxylation is 1. The molecule has 7 rings (SSSR count). The fourth-order valence-corrected chi connectivity index (χ4v) is 6.16. The lowest BCUT2D eigenvalue weighted by Gasteiger charge is -2.13. The van der Waals surface area contributed by atoms with E-state index in [-0.39, 0.29) is 25.5 Å². The van der Waals surface area contributed by atoms with E-state index in [1.165, 1.54) is 24.0 Å². The minimum absolute atomic E-state index is 0. The highest BCUT2D eigenvalue weighted by Gasteiger charge is 2.39. The Bertz CT molecular complexity index is 2140. The fourth-order valence-electron chi connectivity index (χ4n) is 6.16. The second kappa shape index (κ2) is 23.9. The molecule has 2 amide bonds. The third-order valence-corrected chi connectivity index (χ3v) is 9.49. The number of carbonyl (C=O) groups is 2. The minimum Gasteiger partial charge on any atom is -0.489 e. The molecule has 2 aliphatic rings. The van der Waals surface area contributed by atoms with E-state index in [1.807, 2.05) is 128 Å². The van der Waals surface area contributed by atoms with Gasteiger partial charge in [-0.3, -0.25) is 14.3 Å². The quantitative estimate of drug-likeness (QED) is 0.145. The smallest absolute Gasteiger partial charge is 0.230 e. The lowest BCUT2D eigenvalue weighted by molar-refractivity contribution is -0.116. The first-order valence-electron chi connectivity index (χ1n) is 22.0. The van der Waals surface area contributed by atoms with Crippen LogP contribution in [0.2, 0.25) is 0 Å². The van der Waals surface area contributed by atoms with Gasteiger partial charge in [-0.15, -0.1) is 0 Å². The summed E-state index contributed by atoms with van der Waals surface area (Å²) >= 11 is 0. The van der Waals surface area contributed by atoms with E-state index in [1.54, 1.807) is 10.7 Å². The zero-order valence-electron chi connectivity index (χ0n) is 39.1. The molecule has 9 nitrogen and oxygen atoms in total. The summed E-state index contributed by atoms with van der Waals surface area (Å²) in [7, 11) is 1.84. The van der Waals surface area contributed by atoms with Crippen LogP contribution in [0.25, 0.3) is 5.57 Å². The fraction of sp³-hybridized carbons (Fsp3) is 0.423. The van der Waals surface area contributed by atoms with Crippen LogP contribution in [-0.4, -0.2) is 26.8 Å². The number of benzene rings is 3. The van der Waals surface area contributed by atoms with Crippen LogP contribution in [0.15, 0.2) is 114 Å². The molecule has 5 aromatic rings. The topological polar surface area (TPSA) is 111 Å². The summed E-state index contributed by atoms with van der Waals surface area (Å²) in [5, 5.41) is 14.2. The number of allylic oxidation sites excluding steroid dienone is 4. The summed E-state index contributed by atoms with van der Waals surface area (Å²) < 4.78 is 12.8. The molecule has 2 aliphatic carbocycles. The van der Waals surface area contributed by atoms with Crippen molar-refractivity contribution in [1.29, 1.82) is 0 Å². The van der Waals surface area contributed by atoms with E-state index < -0.39 is 0 Å². The van der Waals surface area contributed by atoms with Crippen LogP contribution in [0.4, 0.5) is 11.6 Å². The van der Waals surface area contributed by atoms with E-state index in [0.29, 0.717) is 37.0 Å². The number of fused-ring (bicyclic) bond motifs is 1. The summed E-state index contributed by atoms with van der Waals surface area (Å²) in [4.78, 5) is 24.7. The largest absolute Gasteiger partial charge is 0.489 e. The van der Waals surface area contributed by atoms with Crippen molar-refractivity contribution in [3.63, 3.8) is 0 Å². The molecule has 0 aliphatic heterocycles. The third kappa shape index (κ3) is 16.0. The highest BCUT2D eigenvalue weighted by molar-refractivity contribution is 5.92. The van der Waals surface area contributed by atoms with Gasteiger partial charge in [0, 0.05) is 32.9 Å². The molecule has 9 heteroatoms. The van der Waals surface area contributed by atoms with Crippen molar-refractivity contribution in [3.05, 3.63) is 143 Å². The molecule has 3 aromatic carbocycles. The van der Waals surface area contributed by atoms with Crippen molar-refractivity contribution in [2.24, 2.45) is 18.9 Å². The standard InChI is InChI=1S/C23H27N3O2.C22H24N2O2.C3H8.2C2H6.2H2/c1-23(2,3)20-15-21(26(4)25-20)24-22(27)14-17-10-12-19(13-11-17)28-16-18-8-6-5-7-9-18;1-22(2,3)19-13-20(24-26-19)23-21(25)11-14-7-9-15(10-8-14)17-6-4-5-16-12-18(16)17;1-3-2;2*1-2;;/h5-13,15H,14,16H2,1-4H3,(H,24,27);4-10,13,16,18H,11-12H2,1-3H3,(H,23,24,25);3H2,1-2H3;2*1-2H3;2*1H. The van der Waals surface area contributed by atoms with Crippen molar-refractivity contribution < 1.29 is 21.7 Å². The molecule has 61 heavy (non-hydrogen) atoms. The van der Waals surface area contributed by atoms with Gasteiger partial charge in [-0.25, -0.2) is 0 Å². The molecule has 1 saturated carbocycles. The van der Waals surface area contributed by atoms with E-state index >= 15 is 0 Å². The summed E-state index contributed by atoms with van der Waals surface area (Å²) in [5.41, 5.74) is 6.49. The molecule has 1 fully saturated rings. The molecule has 2 heterocycles. The van der Waals surface area contributed by atoms with Crippen LogP contribution >= 0.6 is 0 Å². The molecular formula is C52H75N5O4. The van der Waals surface area contributed by atoms with Crippen molar-refractivity contribution >= 4 is 29.0 Å². The van der Waals surface area contributed by atoms with Crippen LogP contribution in [-0.2, 0) is 46.9 Å². The summed E-state index contributed by atoms with van der Waals surface area (Å²) in [6.45, 7) is 25.2. The van der Waals surface area contributed by atoms with Gasteiger partial charge in [0.25, 0.3) is 0 Å². The minimum atomic E-state index is -0.130. The molecule has 2 N–H and O–H groups in total. The molecule has 2 atom stereocenters. The summed E-state index contributed by atoms with van der Waals surface area (Å²) in [6, 6.07) is 29.7. The van der Waals surface area contributed by atoms with Gasteiger partial charge in [0.1, 0.15) is 23.9 Å². The lowest BCUT2D eigenvalue weighted by Crippen LogP contribution is -2.16. The molecule has 2 unspecified atom stereocenters. The first-order chi connectivity index (χ1) is 29.1. The Kier molecular flexibility index (Phi) is 19.5. The molecule has 0 bridgehead atoms. The number of hydrogen-bond donors (Lipinski definition) is 2. The van der Waals surface area contributed by atoms with E-state index in [4.69, 9.17) is 9.26 Å². The number of hydrogen-bond acceptors (Lipinski definition) is 6. The number of ether oxygens (including phenoxy) is 1. The van der Waals surface area contributed by atoms with Gasteiger partial charge in [0.15, 0.2) is 5.82 Å². The first kappa shape index (κ1) is 49.7. The number of nitrogens with zero attached hydrogens (tertiary/aromatic N) is 3. The van der Waals surface area contributed by atoms with Crippen molar-refractivity contribution in [3.8, 4) is 5.75 Å². The Morgan fingerprint density at radius 2 is 1.36 bits per heavy atom. The number of carbonyl (C=O) groups excluding carboxylic acids is 2. The van der Waals surface area contributed by atoms with Crippen molar-refractivity contribution in [2.45, 2.75) is 126 Å². The Hall–Kier alpha value is -5.70.